The third-order valence-corrected chi connectivity index (χ3v) is 4.90. The third-order valence-electron chi connectivity index (χ3n) is 4.58. The number of amides is 1. The van der Waals surface area contributed by atoms with Crippen molar-refractivity contribution in [2.45, 2.75) is 12.8 Å². The second-order valence-corrected chi connectivity index (χ2v) is 7.04. The summed E-state index contributed by atoms with van der Waals surface area (Å²) in [6.45, 7) is 0. The smallest absolute Gasteiger partial charge is 0.239 e. The molecular weight excluding hydrogens is 405 g/mol. The Morgan fingerprint density at radius 2 is 1.83 bits per heavy atom. The number of carbonyl (C=O) groups is 1. The van der Waals surface area contributed by atoms with Crippen LogP contribution in [0.1, 0.15) is 12.0 Å². The number of halogens is 2. The average molecular weight is 422 g/mol. The van der Waals surface area contributed by atoms with E-state index in [2.05, 4.69) is 15.5 Å². The molecule has 0 aliphatic carbocycles. The molecule has 150 valence electrons. The lowest BCUT2D eigenvalue weighted by Crippen LogP contribution is -2.12. The normalized spacial score (nSPS) is 10.7. The van der Waals surface area contributed by atoms with Crippen LogP contribution in [0.3, 0.4) is 0 Å². The lowest BCUT2D eigenvalue weighted by Gasteiger charge is -2.07. The van der Waals surface area contributed by atoms with Crippen molar-refractivity contribution >= 4 is 23.4 Å². The minimum absolute atomic E-state index is 0.195. The Morgan fingerprint density at radius 1 is 1.07 bits per heavy atom. The molecule has 5 nitrogen and oxygen atoms in total. The number of hydrogen-bond acceptors (Lipinski definition) is 4. The van der Waals surface area contributed by atoms with E-state index >= 15 is 0 Å². The minimum Gasteiger partial charge on any atom is -0.337 e. The lowest BCUT2D eigenvalue weighted by atomic mass is 10.0. The van der Waals surface area contributed by atoms with Crippen LogP contribution in [0.25, 0.3) is 22.4 Å². The summed E-state index contributed by atoms with van der Waals surface area (Å²) in [6, 6.07) is 17.3. The largest absolute Gasteiger partial charge is 0.337 e. The summed E-state index contributed by atoms with van der Waals surface area (Å²) in [4.78, 5) is 16.6. The molecule has 2 aromatic heterocycles. The first kappa shape index (κ1) is 19.8. The fourth-order valence-electron chi connectivity index (χ4n) is 3.12. The van der Waals surface area contributed by atoms with Crippen molar-refractivity contribution in [3.8, 4) is 22.4 Å². The molecule has 2 aromatic carbocycles. The summed E-state index contributed by atoms with van der Waals surface area (Å²) in [6.07, 6.45) is 4.13. The van der Waals surface area contributed by atoms with Gasteiger partial charge in [-0.3, -0.25) is 15.1 Å². The Morgan fingerprint density at radius 3 is 2.57 bits per heavy atom. The number of pyridine rings is 1. The fraction of sp³-hybridized carbons (Fsp3) is 0.0870. The molecule has 0 saturated heterocycles. The number of hydrogen-bond donors (Lipinski definition) is 1. The molecule has 0 atom stereocenters. The number of anilines is 1. The molecule has 4 rings (SSSR count). The molecule has 0 unspecified atom stereocenters. The first-order valence-electron chi connectivity index (χ1n) is 9.31. The number of carbonyl (C=O) groups excluding carboxylic acids is 1. The van der Waals surface area contributed by atoms with E-state index in [1.807, 2.05) is 30.3 Å². The first-order chi connectivity index (χ1) is 14.6. The number of aryl methyl sites for hydroxylation is 1. The number of rotatable bonds is 6. The van der Waals surface area contributed by atoms with Crippen molar-refractivity contribution in [1.82, 2.24) is 10.1 Å². The molecule has 0 saturated carbocycles. The number of aromatic nitrogens is 2. The van der Waals surface area contributed by atoms with E-state index in [9.17, 15) is 9.18 Å². The van der Waals surface area contributed by atoms with E-state index in [0.717, 1.165) is 11.1 Å². The molecule has 0 bridgehead atoms. The molecule has 30 heavy (non-hydrogen) atoms. The van der Waals surface area contributed by atoms with Crippen LogP contribution < -0.4 is 5.32 Å². The summed E-state index contributed by atoms with van der Waals surface area (Å²) >= 11 is 6.23. The van der Waals surface area contributed by atoms with E-state index in [-0.39, 0.29) is 23.2 Å². The van der Waals surface area contributed by atoms with E-state index < -0.39 is 5.82 Å². The van der Waals surface area contributed by atoms with Gasteiger partial charge >= 0.3 is 0 Å². The van der Waals surface area contributed by atoms with Gasteiger partial charge in [-0.25, -0.2) is 4.39 Å². The van der Waals surface area contributed by atoms with Crippen LogP contribution in [-0.2, 0) is 11.2 Å². The van der Waals surface area contributed by atoms with Gasteiger partial charge in [-0.2, -0.15) is 0 Å². The van der Waals surface area contributed by atoms with Crippen molar-refractivity contribution < 1.29 is 13.7 Å². The van der Waals surface area contributed by atoms with Gasteiger partial charge in [-0.1, -0.05) is 47.1 Å². The van der Waals surface area contributed by atoms with Gasteiger partial charge in [-0.15, -0.1) is 0 Å². The molecule has 7 heteroatoms. The van der Waals surface area contributed by atoms with Gasteiger partial charge in [0.2, 0.25) is 11.8 Å². The Bertz CT molecular complexity index is 1160. The van der Waals surface area contributed by atoms with Gasteiger partial charge in [0.1, 0.15) is 11.5 Å². The zero-order valence-electron chi connectivity index (χ0n) is 15.8. The van der Waals surface area contributed by atoms with Crippen LogP contribution in [0.4, 0.5) is 10.3 Å². The van der Waals surface area contributed by atoms with Crippen LogP contribution in [0.5, 0.6) is 0 Å². The molecular formula is C23H17ClFN3O2. The highest BCUT2D eigenvalue weighted by Crippen LogP contribution is 2.40. The van der Waals surface area contributed by atoms with Gasteiger partial charge in [0, 0.05) is 24.4 Å². The Balaban J connectivity index is 1.65. The molecule has 0 aliphatic rings. The second kappa shape index (κ2) is 8.88. The average Bonchev–Trinajstić information content (AvgIpc) is 3.16. The highest BCUT2D eigenvalue weighted by molar-refractivity contribution is 6.33. The van der Waals surface area contributed by atoms with Crippen molar-refractivity contribution in [1.29, 1.82) is 0 Å². The van der Waals surface area contributed by atoms with Gasteiger partial charge in [0.05, 0.1) is 10.6 Å². The van der Waals surface area contributed by atoms with Crippen molar-refractivity contribution in [2.24, 2.45) is 0 Å². The summed E-state index contributed by atoms with van der Waals surface area (Å²) in [7, 11) is 0. The Labute approximate surface area is 177 Å². The predicted molar refractivity (Wildman–Crippen MR) is 114 cm³/mol. The highest BCUT2D eigenvalue weighted by atomic mass is 35.5. The fourth-order valence-corrected chi connectivity index (χ4v) is 3.38. The number of nitrogens with zero attached hydrogens (tertiary/aromatic N) is 2. The molecule has 0 spiro atoms. The molecule has 0 radical (unpaired) electrons. The van der Waals surface area contributed by atoms with Crippen LogP contribution in [0.2, 0.25) is 5.02 Å². The zero-order chi connectivity index (χ0) is 20.9. The standard InChI is InChI=1S/C23H17ClFN3O2/c24-19-14-17(25)7-8-18(19)22-21(16-10-12-26-13-11-16)23(30-28-22)27-20(29)9-6-15-4-2-1-3-5-15/h1-5,7-8,10-14H,6,9H2,(H,27,29). The van der Waals surface area contributed by atoms with Crippen LogP contribution in [0.15, 0.2) is 77.6 Å². The van der Waals surface area contributed by atoms with E-state index in [1.54, 1.807) is 24.5 Å². The zero-order valence-corrected chi connectivity index (χ0v) is 16.6. The quantitative estimate of drug-likeness (QED) is 0.429. The van der Waals surface area contributed by atoms with Crippen molar-refractivity contribution in [2.75, 3.05) is 5.32 Å². The number of nitrogens with one attached hydrogen (secondary N) is 1. The summed E-state index contributed by atoms with van der Waals surface area (Å²) in [5.41, 5.74) is 3.26. The maximum atomic E-state index is 13.5. The SMILES string of the molecule is O=C(CCc1ccccc1)Nc1onc(-c2ccc(F)cc2Cl)c1-c1ccncc1. The second-order valence-electron chi connectivity index (χ2n) is 6.63. The van der Waals surface area contributed by atoms with Crippen LogP contribution >= 0.6 is 11.6 Å². The van der Waals surface area contributed by atoms with E-state index in [1.165, 1.54) is 18.2 Å². The molecule has 1 N–H and O–H groups in total. The molecule has 0 fully saturated rings. The Kier molecular flexibility index (Phi) is 5.86. The van der Waals surface area contributed by atoms with Gasteiger partial charge in [0.25, 0.3) is 0 Å². The topological polar surface area (TPSA) is 68.0 Å². The van der Waals surface area contributed by atoms with Crippen molar-refractivity contribution in [3.05, 3.63) is 89.5 Å². The van der Waals surface area contributed by atoms with Crippen molar-refractivity contribution in [3.63, 3.8) is 0 Å². The molecule has 4 aromatic rings. The Hall–Kier alpha value is -3.51. The predicted octanol–water partition coefficient (Wildman–Crippen LogP) is 5.77. The van der Waals surface area contributed by atoms with E-state index in [0.29, 0.717) is 23.2 Å². The van der Waals surface area contributed by atoms with Gasteiger partial charge in [-0.05, 0) is 47.9 Å². The van der Waals surface area contributed by atoms with E-state index in [4.69, 9.17) is 16.1 Å². The summed E-state index contributed by atoms with van der Waals surface area (Å²) in [5.74, 6) is -0.455. The maximum Gasteiger partial charge on any atom is 0.239 e. The minimum atomic E-state index is -0.452. The third kappa shape index (κ3) is 4.39. The number of benzene rings is 2. The van der Waals surface area contributed by atoms with Crippen LogP contribution in [-0.4, -0.2) is 16.0 Å². The van der Waals surface area contributed by atoms with Gasteiger partial charge in [0.15, 0.2) is 0 Å². The highest BCUT2D eigenvalue weighted by Gasteiger charge is 2.22. The maximum absolute atomic E-state index is 13.5. The van der Waals surface area contributed by atoms with Gasteiger partial charge < -0.3 is 4.52 Å². The molecule has 1 amide bonds. The molecule has 2 heterocycles. The monoisotopic (exact) mass is 421 g/mol. The summed E-state index contributed by atoms with van der Waals surface area (Å²) in [5, 5.41) is 7.10. The molecule has 0 aliphatic heterocycles. The lowest BCUT2D eigenvalue weighted by molar-refractivity contribution is -0.116. The first-order valence-corrected chi connectivity index (χ1v) is 9.69. The summed E-state index contributed by atoms with van der Waals surface area (Å²) < 4.78 is 19.0. The van der Waals surface area contributed by atoms with Crippen LogP contribution in [0, 0.1) is 5.82 Å².